The van der Waals surface area contributed by atoms with Gasteiger partial charge in [-0.25, -0.2) is 4.39 Å². The molecular formula is C14H10Br2FNO. The second kappa shape index (κ2) is 6.30. The fourth-order valence-electron chi connectivity index (χ4n) is 1.62. The average Bonchev–Trinajstić information content (AvgIpc) is 2.37. The van der Waals surface area contributed by atoms with E-state index in [4.69, 9.17) is 0 Å². The van der Waals surface area contributed by atoms with Gasteiger partial charge in [0.1, 0.15) is 5.82 Å². The van der Waals surface area contributed by atoms with Crippen molar-refractivity contribution in [2.24, 2.45) is 0 Å². The van der Waals surface area contributed by atoms with Crippen LogP contribution in [0, 0.1) is 5.82 Å². The smallest absolute Gasteiger partial charge is 0.255 e. The lowest BCUT2D eigenvalue weighted by molar-refractivity contribution is 0.0946. The fourth-order valence-corrected chi connectivity index (χ4v) is 2.57. The summed E-state index contributed by atoms with van der Waals surface area (Å²) in [7, 11) is 0. The van der Waals surface area contributed by atoms with Gasteiger partial charge in [0.05, 0.1) is 5.56 Å². The predicted octanol–water partition coefficient (Wildman–Crippen LogP) is 4.28. The van der Waals surface area contributed by atoms with E-state index in [1.54, 1.807) is 12.1 Å². The normalized spacial score (nSPS) is 10.3. The first-order valence-corrected chi connectivity index (χ1v) is 7.14. The van der Waals surface area contributed by atoms with E-state index in [0.29, 0.717) is 11.0 Å². The molecule has 98 valence electrons. The predicted molar refractivity (Wildman–Crippen MR) is 79.4 cm³/mol. The Morgan fingerprint density at radius 3 is 2.42 bits per heavy atom. The second-order valence-corrected chi connectivity index (χ2v) is 5.58. The molecule has 0 atom stereocenters. The molecule has 0 aliphatic rings. The molecule has 0 bridgehead atoms. The van der Waals surface area contributed by atoms with Gasteiger partial charge in [-0.05, 0) is 39.7 Å². The molecule has 2 rings (SSSR count). The highest BCUT2D eigenvalue weighted by atomic mass is 79.9. The molecule has 2 aromatic rings. The number of halogens is 3. The van der Waals surface area contributed by atoms with Crippen LogP contribution in [0.3, 0.4) is 0 Å². The summed E-state index contributed by atoms with van der Waals surface area (Å²) in [6, 6.07) is 12.0. The molecule has 1 N–H and O–H groups in total. The lowest BCUT2D eigenvalue weighted by atomic mass is 10.2. The maximum absolute atomic E-state index is 13.6. The van der Waals surface area contributed by atoms with Crippen LogP contribution >= 0.6 is 31.9 Å². The Morgan fingerprint density at radius 1 is 1.05 bits per heavy atom. The average molecular weight is 387 g/mol. The molecule has 19 heavy (non-hydrogen) atoms. The number of amides is 1. The van der Waals surface area contributed by atoms with Gasteiger partial charge in [0.2, 0.25) is 0 Å². The summed E-state index contributed by atoms with van der Waals surface area (Å²) in [6.07, 6.45) is 0. The lowest BCUT2D eigenvalue weighted by Gasteiger charge is -2.09. The molecule has 0 aliphatic carbocycles. The van der Waals surface area contributed by atoms with Crippen LogP contribution in [-0.4, -0.2) is 5.91 Å². The molecule has 0 saturated heterocycles. The van der Waals surface area contributed by atoms with Crippen LogP contribution in [0.1, 0.15) is 15.9 Å². The van der Waals surface area contributed by atoms with Crippen LogP contribution in [-0.2, 0) is 6.54 Å². The molecule has 2 nitrogen and oxygen atoms in total. The third-order valence-corrected chi connectivity index (χ3v) is 4.02. The van der Waals surface area contributed by atoms with Gasteiger partial charge in [-0.1, -0.05) is 40.2 Å². The highest BCUT2D eigenvalue weighted by Gasteiger charge is 2.15. The first kappa shape index (κ1) is 14.2. The molecule has 2 aromatic carbocycles. The van der Waals surface area contributed by atoms with Crippen molar-refractivity contribution < 1.29 is 9.18 Å². The minimum absolute atomic E-state index is 0.0227. The Hall–Kier alpha value is -1.20. The van der Waals surface area contributed by atoms with Gasteiger partial charge in [-0.2, -0.15) is 0 Å². The molecule has 0 spiro atoms. The van der Waals surface area contributed by atoms with Crippen molar-refractivity contribution in [1.82, 2.24) is 5.32 Å². The van der Waals surface area contributed by atoms with E-state index in [2.05, 4.69) is 37.2 Å². The maximum Gasteiger partial charge on any atom is 0.255 e. The molecule has 0 unspecified atom stereocenters. The van der Waals surface area contributed by atoms with Gasteiger partial charge in [0.15, 0.2) is 0 Å². The Morgan fingerprint density at radius 2 is 1.74 bits per heavy atom. The third-order valence-electron chi connectivity index (χ3n) is 2.59. The lowest BCUT2D eigenvalue weighted by Crippen LogP contribution is -2.24. The van der Waals surface area contributed by atoms with Crippen LogP contribution < -0.4 is 5.32 Å². The SMILES string of the molecule is O=C(NCc1ccccc1Br)c1c(F)cccc1Br. The van der Waals surface area contributed by atoms with Crippen molar-refractivity contribution in [1.29, 1.82) is 0 Å². The highest BCUT2D eigenvalue weighted by molar-refractivity contribution is 9.10. The Balaban J connectivity index is 2.13. The summed E-state index contributed by atoms with van der Waals surface area (Å²) in [4.78, 5) is 12.0. The van der Waals surface area contributed by atoms with Gasteiger partial charge < -0.3 is 5.32 Å². The van der Waals surface area contributed by atoms with Gasteiger partial charge in [-0.15, -0.1) is 0 Å². The Bertz CT molecular complexity index is 596. The number of nitrogens with one attached hydrogen (secondary N) is 1. The van der Waals surface area contributed by atoms with Crippen molar-refractivity contribution >= 4 is 37.8 Å². The minimum Gasteiger partial charge on any atom is -0.348 e. The van der Waals surface area contributed by atoms with Crippen molar-refractivity contribution in [3.05, 3.63) is 68.4 Å². The molecule has 0 aliphatic heterocycles. The zero-order chi connectivity index (χ0) is 13.8. The number of carbonyl (C=O) groups is 1. The molecule has 0 radical (unpaired) electrons. The summed E-state index contributed by atoms with van der Waals surface area (Å²) in [5.41, 5.74) is 0.956. The van der Waals surface area contributed by atoms with Gasteiger partial charge in [0, 0.05) is 15.5 Å². The van der Waals surface area contributed by atoms with E-state index in [9.17, 15) is 9.18 Å². The molecule has 0 fully saturated rings. The molecule has 0 heterocycles. The van der Waals surface area contributed by atoms with Crippen molar-refractivity contribution in [2.75, 3.05) is 0 Å². The number of rotatable bonds is 3. The minimum atomic E-state index is -0.543. The van der Waals surface area contributed by atoms with Crippen LogP contribution in [0.2, 0.25) is 0 Å². The van der Waals surface area contributed by atoms with Crippen LogP contribution in [0.25, 0.3) is 0 Å². The van der Waals surface area contributed by atoms with E-state index >= 15 is 0 Å². The summed E-state index contributed by atoms with van der Waals surface area (Å²) in [5, 5.41) is 2.70. The summed E-state index contributed by atoms with van der Waals surface area (Å²) in [5.74, 6) is -0.986. The quantitative estimate of drug-likeness (QED) is 0.837. The summed E-state index contributed by atoms with van der Waals surface area (Å²) in [6.45, 7) is 0.334. The van der Waals surface area contributed by atoms with Crippen molar-refractivity contribution in [3.8, 4) is 0 Å². The van der Waals surface area contributed by atoms with Gasteiger partial charge in [0.25, 0.3) is 5.91 Å². The number of carbonyl (C=O) groups excluding carboxylic acids is 1. The van der Waals surface area contributed by atoms with Crippen molar-refractivity contribution in [3.63, 3.8) is 0 Å². The van der Waals surface area contributed by atoms with E-state index < -0.39 is 11.7 Å². The van der Waals surface area contributed by atoms with Crippen LogP contribution in [0.15, 0.2) is 51.4 Å². The number of benzene rings is 2. The number of hydrogen-bond donors (Lipinski definition) is 1. The molecule has 1 amide bonds. The zero-order valence-corrected chi connectivity index (χ0v) is 13.0. The zero-order valence-electron chi connectivity index (χ0n) is 9.79. The molecule has 0 saturated carbocycles. The fraction of sp³-hybridized carbons (Fsp3) is 0.0714. The molecule has 5 heteroatoms. The van der Waals surface area contributed by atoms with E-state index in [0.717, 1.165) is 10.0 Å². The summed E-state index contributed by atoms with van der Waals surface area (Å²) >= 11 is 6.58. The largest absolute Gasteiger partial charge is 0.348 e. The van der Waals surface area contributed by atoms with Crippen LogP contribution in [0.5, 0.6) is 0 Å². The topological polar surface area (TPSA) is 29.1 Å². The third kappa shape index (κ3) is 3.42. The monoisotopic (exact) mass is 385 g/mol. The first-order valence-electron chi connectivity index (χ1n) is 5.55. The summed E-state index contributed by atoms with van der Waals surface area (Å²) < 4.78 is 15.0. The Kier molecular flexibility index (Phi) is 4.71. The van der Waals surface area contributed by atoms with E-state index in [-0.39, 0.29) is 5.56 Å². The van der Waals surface area contributed by atoms with E-state index in [1.165, 1.54) is 6.07 Å². The Labute approximate surface area is 127 Å². The van der Waals surface area contributed by atoms with Gasteiger partial charge >= 0.3 is 0 Å². The standard InChI is InChI=1S/C14H10Br2FNO/c15-10-5-2-1-4-9(10)8-18-14(19)13-11(16)6-3-7-12(13)17/h1-7H,8H2,(H,18,19). The number of hydrogen-bond acceptors (Lipinski definition) is 1. The highest BCUT2D eigenvalue weighted by Crippen LogP contribution is 2.20. The van der Waals surface area contributed by atoms with Gasteiger partial charge in [-0.3, -0.25) is 4.79 Å². The van der Waals surface area contributed by atoms with Crippen LogP contribution in [0.4, 0.5) is 4.39 Å². The second-order valence-electron chi connectivity index (χ2n) is 3.87. The van der Waals surface area contributed by atoms with Crippen molar-refractivity contribution in [2.45, 2.75) is 6.54 Å². The molecular weight excluding hydrogens is 377 g/mol. The first-order chi connectivity index (χ1) is 9.09. The molecule has 0 aromatic heterocycles. The van der Waals surface area contributed by atoms with E-state index in [1.807, 2.05) is 24.3 Å². The maximum atomic E-state index is 13.6.